The second-order valence-corrected chi connectivity index (χ2v) is 24.5. The number of esters is 2. The number of allylic oxidation sites excluding steroid dienone is 4. The van der Waals surface area contributed by atoms with Crippen molar-refractivity contribution >= 4 is 17.9 Å². The number of quaternary nitrogens is 1. The molecule has 0 heterocycles. The van der Waals surface area contributed by atoms with Crippen LogP contribution in [0.1, 0.15) is 341 Å². The van der Waals surface area contributed by atoms with Crippen LogP contribution in [0.2, 0.25) is 0 Å². The van der Waals surface area contributed by atoms with Crippen molar-refractivity contribution in [2.75, 3.05) is 47.5 Å². The maximum atomic E-state index is 12.9. The first-order valence-electron chi connectivity index (χ1n) is 34.0. The van der Waals surface area contributed by atoms with Gasteiger partial charge in [-0.1, -0.05) is 308 Å². The van der Waals surface area contributed by atoms with Gasteiger partial charge in [-0.3, -0.25) is 9.59 Å². The summed E-state index contributed by atoms with van der Waals surface area (Å²) in [6, 6.07) is 0. The van der Waals surface area contributed by atoms with Crippen LogP contribution in [0.15, 0.2) is 24.3 Å². The molecule has 0 aromatic heterocycles. The topological polar surface area (TPSA) is 111 Å². The van der Waals surface area contributed by atoms with Crippen molar-refractivity contribution in [2.24, 2.45) is 0 Å². The predicted octanol–water partition coefficient (Wildman–Crippen LogP) is 19.3. The standard InChI is InChI=1S/C69H131NO8/c1-6-8-10-12-14-16-18-20-22-24-26-28-30-31-32-33-34-35-36-38-39-41-43-45-47-49-51-53-55-57-59-66(71)76-63-65(64-77-69(68(73)74)75-62-61-70(3,4)5)78-67(72)60-58-56-54-52-50-48-46-44-42-40-37-29-27-25-23-21-19-17-15-13-11-9-7-2/h19,21,25,27,65,69H,6-18,20,22-24,26,28-64H2,1-5H3/b21-19-,27-25-. The van der Waals surface area contributed by atoms with Crippen LogP contribution >= 0.6 is 0 Å². The molecule has 0 spiro atoms. The Bertz CT molecular complexity index is 1330. The Morgan fingerprint density at radius 3 is 1.01 bits per heavy atom. The average molecular weight is 1100 g/mol. The molecule has 0 amide bonds. The average Bonchev–Trinajstić information content (AvgIpc) is 3.41. The fourth-order valence-electron chi connectivity index (χ4n) is 10.2. The highest BCUT2D eigenvalue weighted by Gasteiger charge is 2.22. The molecule has 0 rings (SSSR count). The fourth-order valence-corrected chi connectivity index (χ4v) is 10.2. The first kappa shape index (κ1) is 75.8. The summed E-state index contributed by atoms with van der Waals surface area (Å²) in [6.07, 6.45) is 71.1. The van der Waals surface area contributed by atoms with E-state index in [1.165, 1.54) is 263 Å². The van der Waals surface area contributed by atoms with Gasteiger partial charge in [0.25, 0.3) is 0 Å². The Morgan fingerprint density at radius 1 is 0.385 bits per heavy atom. The predicted molar refractivity (Wildman–Crippen MR) is 330 cm³/mol. The molecule has 2 unspecified atom stereocenters. The van der Waals surface area contributed by atoms with E-state index in [0.717, 1.165) is 44.9 Å². The van der Waals surface area contributed by atoms with Crippen molar-refractivity contribution in [1.82, 2.24) is 0 Å². The summed E-state index contributed by atoms with van der Waals surface area (Å²) in [5.74, 6) is -2.26. The quantitative estimate of drug-likeness (QED) is 0.0195. The summed E-state index contributed by atoms with van der Waals surface area (Å²) >= 11 is 0. The number of carboxylic acid groups (broad SMARTS) is 1. The van der Waals surface area contributed by atoms with E-state index in [9.17, 15) is 19.5 Å². The van der Waals surface area contributed by atoms with Gasteiger partial charge in [-0.25, -0.2) is 0 Å². The second kappa shape index (κ2) is 60.9. The Morgan fingerprint density at radius 2 is 0.692 bits per heavy atom. The van der Waals surface area contributed by atoms with E-state index < -0.39 is 24.3 Å². The summed E-state index contributed by atoms with van der Waals surface area (Å²) in [5, 5.41) is 11.8. The molecule has 0 bridgehead atoms. The molecule has 0 aliphatic heterocycles. The molecule has 0 fully saturated rings. The summed E-state index contributed by atoms with van der Waals surface area (Å²) in [7, 11) is 5.94. The normalized spacial score (nSPS) is 12.8. The van der Waals surface area contributed by atoms with E-state index >= 15 is 0 Å². The van der Waals surface area contributed by atoms with E-state index in [1.54, 1.807) is 0 Å². The number of unbranched alkanes of at least 4 members (excludes halogenated alkanes) is 45. The monoisotopic (exact) mass is 1100 g/mol. The highest BCUT2D eigenvalue weighted by Crippen LogP contribution is 2.19. The van der Waals surface area contributed by atoms with Crippen LogP contribution in [0.4, 0.5) is 0 Å². The smallest absolute Gasteiger partial charge is 0.306 e. The second-order valence-electron chi connectivity index (χ2n) is 24.5. The van der Waals surface area contributed by atoms with Gasteiger partial charge >= 0.3 is 11.9 Å². The molecule has 9 heteroatoms. The van der Waals surface area contributed by atoms with Crippen molar-refractivity contribution in [3.63, 3.8) is 0 Å². The van der Waals surface area contributed by atoms with Gasteiger partial charge in [-0.2, -0.15) is 0 Å². The van der Waals surface area contributed by atoms with Crippen molar-refractivity contribution < 1.29 is 42.9 Å². The number of carboxylic acids is 1. The lowest BCUT2D eigenvalue weighted by atomic mass is 10.0. The van der Waals surface area contributed by atoms with Crippen molar-refractivity contribution in [2.45, 2.75) is 354 Å². The first-order valence-corrected chi connectivity index (χ1v) is 34.0. The number of hydrogen-bond acceptors (Lipinski definition) is 8. The van der Waals surface area contributed by atoms with Gasteiger partial charge in [0.1, 0.15) is 13.2 Å². The molecule has 2 atom stereocenters. The molecular formula is C69H131NO8. The van der Waals surface area contributed by atoms with Crippen LogP contribution in [0.5, 0.6) is 0 Å². The third-order valence-electron chi connectivity index (χ3n) is 15.5. The molecule has 0 aromatic carbocycles. The van der Waals surface area contributed by atoms with Gasteiger partial charge in [-0.15, -0.1) is 0 Å². The molecule has 0 aromatic rings. The Hall–Kier alpha value is -2.23. The third-order valence-corrected chi connectivity index (χ3v) is 15.5. The van der Waals surface area contributed by atoms with E-state index in [0.29, 0.717) is 23.9 Å². The highest BCUT2D eigenvalue weighted by atomic mass is 16.7. The molecule has 0 saturated carbocycles. The number of hydrogen-bond donors (Lipinski definition) is 0. The fraction of sp³-hybridized carbons (Fsp3) is 0.899. The van der Waals surface area contributed by atoms with Gasteiger partial charge in [-0.05, 0) is 44.9 Å². The molecule has 460 valence electrons. The largest absolute Gasteiger partial charge is 0.545 e. The van der Waals surface area contributed by atoms with Crippen LogP contribution in [0, 0.1) is 0 Å². The lowest BCUT2D eigenvalue weighted by Crippen LogP contribution is -2.44. The maximum absolute atomic E-state index is 12.9. The zero-order valence-corrected chi connectivity index (χ0v) is 52.6. The maximum Gasteiger partial charge on any atom is 0.306 e. The van der Waals surface area contributed by atoms with Crippen molar-refractivity contribution in [3.8, 4) is 0 Å². The Kier molecular flexibility index (Phi) is 59.1. The number of ether oxygens (including phenoxy) is 4. The molecule has 0 N–H and O–H groups in total. The minimum Gasteiger partial charge on any atom is -0.545 e. The van der Waals surface area contributed by atoms with E-state index in [-0.39, 0.29) is 32.2 Å². The van der Waals surface area contributed by atoms with E-state index in [2.05, 4.69) is 38.2 Å². The minimum absolute atomic E-state index is 0.150. The third kappa shape index (κ3) is 61.4. The zero-order valence-electron chi connectivity index (χ0n) is 52.6. The highest BCUT2D eigenvalue weighted by molar-refractivity contribution is 5.70. The number of carbonyl (C=O) groups excluding carboxylic acids is 3. The molecule has 0 radical (unpaired) electrons. The summed E-state index contributed by atoms with van der Waals surface area (Å²) < 4.78 is 22.8. The van der Waals surface area contributed by atoms with Gasteiger partial charge in [0.05, 0.1) is 40.3 Å². The van der Waals surface area contributed by atoms with Crippen LogP contribution in [0.3, 0.4) is 0 Å². The number of aliphatic carboxylic acids is 1. The van der Waals surface area contributed by atoms with Gasteiger partial charge in [0, 0.05) is 12.8 Å². The SMILES string of the molecule is CCCCCCC/C=C\C/C=C\CCCCCCCCCCCCCC(=O)OC(COC(=O)CCCCCCCCCCCCCCCCCCCCCCCCCCCCCCCC)COC(OCC[N+](C)(C)C)C(=O)[O-]. The van der Waals surface area contributed by atoms with E-state index in [4.69, 9.17) is 18.9 Å². The number of nitrogens with zero attached hydrogens (tertiary/aromatic N) is 1. The summed E-state index contributed by atoms with van der Waals surface area (Å²) in [4.78, 5) is 37.4. The lowest BCUT2D eigenvalue weighted by molar-refractivity contribution is -0.870. The number of rotatable bonds is 64. The number of carbonyl (C=O) groups is 3. The lowest BCUT2D eigenvalue weighted by Gasteiger charge is -2.26. The van der Waals surface area contributed by atoms with Crippen LogP contribution in [0.25, 0.3) is 0 Å². The van der Waals surface area contributed by atoms with Crippen molar-refractivity contribution in [1.29, 1.82) is 0 Å². The van der Waals surface area contributed by atoms with Gasteiger partial charge in [0.2, 0.25) is 0 Å². The summed E-state index contributed by atoms with van der Waals surface area (Å²) in [6.45, 7) is 4.80. The zero-order chi connectivity index (χ0) is 56.9. The summed E-state index contributed by atoms with van der Waals surface area (Å²) in [5.41, 5.74) is 0. The Balaban J connectivity index is 4.07. The molecule has 9 nitrogen and oxygen atoms in total. The van der Waals surface area contributed by atoms with Crippen LogP contribution in [-0.4, -0.2) is 82.3 Å². The minimum atomic E-state index is -1.62. The van der Waals surface area contributed by atoms with Crippen LogP contribution < -0.4 is 5.11 Å². The Labute approximate surface area is 484 Å². The molecular weight excluding hydrogens is 971 g/mol. The van der Waals surface area contributed by atoms with Gasteiger partial charge < -0.3 is 33.3 Å². The molecule has 0 aliphatic rings. The molecule has 0 aliphatic carbocycles. The number of likely N-dealkylation sites (N-methyl/N-ethyl adjacent to an activating group) is 1. The van der Waals surface area contributed by atoms with Crippen LogP contribution in [-0.2, 0) is 33.3 Å². The van der Waals surface area contributed by atoms with Gasteiger partial charge in [0.15, 0.2) is 12.4 Å². The molecule has 0 saturated heterocycles. The van der Waals surface area contributed by atoms with Crippen molar-refractivity contribution in [3.05, 3.63) is 24.3 Å². The molecule has 78 heavy (non-hydrogen) atoms. The van der Waals surface area contributed by atoms with E-state index in [1.807, 2.05) is 21.1 Å². The first-order chi connectivity index (χ1) is 38.1.